The van der Waals surface area contributed by atoms with Gasteiger partial charge in [-0.3, -0.25) is 0 Å². The summed E-state index contributed by atoms with van der Waals surface area (Å²) in [6.45, 7) is 4.55. The number of aryl methyl sites for hydroxylation is 1. The van der Waals surface area contributed by atoms with Gasteiger partial charge in [0.25, 0.3) is 0 Å². The molecule has 1 fully saturated rings. The molecule has 0 unspecified atom stereocenters. The van der Waals surface area contributed by atoms with E-state index < -0.39 is 0 Å². The van der Waals surface area contributed by atoms with Crippen molar-refractivity contribution in [3.8, 4) is 0 Å². The van der Waals surface area contributed by atoms with E-state index in [1.807, 2.05) is 7.05 Å². The van der Waals surface area contributed by atoms with Crippen LogP contribution in [0, 0.1) is 0 Å². The molecule has 0 aliphatic carbocycles. The van der Waals surface area contributed by atoms with Crippen molar-refractivity contribution in [3.05, 3.63) is 5.82 Å². The van der Waals surface area contributed by atoms with E-state index in [0.717, 1.165) is 19.5 Å². The second-order valence-electron chi connectivity index (χ2n) is 5.18. The number of rotatable bonds is 6. The van der Waals surface area contributed by atoms with E-state index in [-0.39, 0.29) is 6.03 Å². The first-order valence-corrected chi connectivity index (χ1v) is 7.09. The monoisotopic (exact) mass is 281 g/mol. The van der Waals surface area contributed by atoms with Crippen LogP contribution in [0.2, 0.25) is 0 Å². The highest BCUT2D eigenvalue weighted by molar-refractivity contribution is 5.73. The van der Waals surface area contributed by atoms with E-state index in [1.165, 1.54) is 30.7 Å². The summed E-state index contributed by atoms with van der Waals surface area (Å²) < 4.78 is 0. The average molecular weight is 281 g/mol. The Morgan fingerprint density at radius 2 is 2.15 bits per heavy atom. The molecule has 1 aliphatic rings. The summed E-state index contributed by atoms with van der Waals surface area (Å²) >= 11 is 0. The summed E-state index contributed by atoms with van der Waals surface area (Å²) in [5.41, 5.74) is 0. The minimum atomic E-state index is -0.0983. The Bertz CT molecular complexity index is 427. The Kier molecular flexibility index (Phi) is 5.28. The van der Waals surface area contributed by atoms with Crippen LogP contribution in [-0.2, 0) is 13.6 Å². The van der Waals surface area contributed by atoms with Crippen molar-refractivity contribution in [2.75, 3.05) is 33.2 Å². The zero-order valence-corrected chi connectivity index (χ0v) is 12.2. The fraction of sp³-hybridized carbons (Fsp3) is 0.833. The Labute approximate surface area is 119 Å². The van der Waals surface area contributed by atoms with Gasteiger partial charge in [-0.15, -0.1) is 10.2 Å². The molecule has 2 amide bonds. The van der Waals surface area contributed by atoms with Crippen LogP contribution < -0.4 is 5.32 Å². The maximum Gasteiger partial charge on any atom is 0.317 e. The summed E-state index contributed by atoms with van der Waals surface area (Å²) in [7, 11) is 3.51. The first-order chi connectivity index (χ1) is 9.65. The summed E-state index contributed by atoms with van der Waals surface area (Å²) in [6.07, 6.45) is 3.62. The van der Waals surface area contributed by atoms with Crippen molar-refractivity contribution in [3.63, 3.8) is 0 Å². The third-order valence-electron chi connectivity index (χ3n) is 3.46. The third-order valence-corrected chi connectivity index (χ3v) is 3.46. The zero-order valence-electron chi connectivity index (χ0n) is 12.2. The lowest BCUT2D eigenvalue weighted by Crippen LogP contribution is -2.38. The molecule has 8 heteroatoms. The van der Waals surface area contributed by atoms with E-state index in [2.05, 4.69) is 25.6 Å². The van der Waals surface area contributed by atoms with E-state index in [0.29, 0.717) is 12.4 Å². The highest BCUT2D eigenvalue weighted by atomic mass is 16.2. The predicted molar refractivity (Wildman–Crippen MR) is 74.0 cm³/mol. The number of tetrazole rings is 1. The molecule has 0 spiro atoms. The number of aromatic nitrogens is 4. The van der Waals surface area contributed by atoms with Gasteiger partial charge in [-0.1, -0.05) is 0 Å². The molecule has 1 aromatic rings. The molecule has 0 radical (unpaired) electrons. The van der Waals surface area contributed by atoms with Crippen LogP contribution in [0.5, 0.6) is 0 Å². The Morgan fingerprint density at radius 1 is 1.40 bits per heavy atom. The Balaban J connectivity index is 1.61. The van der Waals surface area contributed by atoms with Gasteiger partial charge in [-0.2, -0.15) is 4.80 Å². The highest BCUT2D eigenvalue weighted by Gasteiger charge is 2.13. The van der Waals surface area contributed by atoms with Crippen molar-refractivity contribution in [1.82, 2.24) is 35.3 Å². The molecule has 0 saturated carbocycles. The molecule has 8 nitrogen and oxygen atoms in total. The first-order valence-electron chi connectivity index (χ1n) is 7.09. The largest absolute Gasteiger partial charge is 0.331 e. The van der Waals surface area contributed by atoms with Crippen molar-refractivity contribution in [2.45, 2.75) is 25.8 Å². The molecule has 1 aliphatic heterocycles. The summed E-state index contributed by atoms with van der Waals surface area (Å²) in [5.74, 6) is 0.520. The second kappa shape index (κ2) is 7.18. The Hall–Kier alpha value is -1.70. The number of carbonyl (C=O) groups excluding carboxylic acids is 1. The number of likely N-dealkylation sites (tertiary alicyclic amines) is 1. The number of hydrogen-bond donors (Lipinski definition) is 1. The van der Waals surface area contributed by atoms with Crippen LogP contribution in [0.3, 0.4) is 0 Å². The average Bonchev–Trinajstić information content (AvgIpc) is 3.07. The quantitative estimate of drug-likeness (QED) is 0.783. The van der Waals surface area contributed by atoms with Crippen LogP contribution in [0.15, 0.2) is 0 Å². The van der Waals surface area contributed by atoms with Crippen LogP contribution in [0.4, 0.5) is 4.79 Å². The second-order valence-corrected chi connectivity index (χ2v) is 5.18. The normalized spacial score (nSPS) is 15.5. The number of carbonyl (C=O) groups is 1. The molecule has 0 atom stereocenters. The van der Waals surface area contributed by atoms with Gasteiger partial charge in [-0.05, 0) is 44.1 Å². The van der Waals surface area contributed by atoms with Crippen LogP contribution in [0.25, 0.3) is 0 Å². The van der Waals surface area contributed by atoms with Crippen molar-refractivity contribution < 1.29 is 4.79 Å². The molecular formula is C12H23N7O. The lowest BCUT2D eigenvalue weighted by Gasteiger charge is -2.20. The number of nitrogens with zero attached hydrogens (tertiary/aromatic N) is 6. The zero-order chi connectivity index (χ0) is 14.4. The van der Waals surface area contributed by atoms with E-state index in [4.69, 9.17) is 0 Å². The van der Waals surface area contributed by atoms with Gasteiger partial charge in [0, 0.05) is 13.6 Å². The van der Waals surface area contributed by atoms with Gasteiger partial charge >= 0.3 is 6.03 Å². The minimum Gasteiger partial charge on any atom is -0.331 e. The van der Waals surface area contributed by atoms with Crippen LogP contribution in [-0.4, -0.2) is 69.3 Å². The molecule has 20 heavy (non-hydrogen) atoms. The molecule has 2 rings (SSSR count). The molecule has 0 aromatic carbocycles. The number of urea groups is 1. The molecule has 112 valence electrons. The SMILES string of the molecule is CN(CCCN1CCCC1)C(=O)NCc1nnn(C)n1. The van der Waals surface area contributed by atoms with Gasteiger partial charge in [0.15, 0.2) is 5.82 Å². The lowest BCUT2D eigenvalue weighted by molar-refractivity contribution is 0.204. The van der Waals surface area contributed by atoms with Crippen molar-refractivity contribution in [2.24, 2.45) is 7.05 Å². The molecule has 0 bridgehead atoms. The van der Waals surface area contributed by atoms with Crippen LogP contribution >= 0.6 is 0 Å². The fourth-order valence-electron chi connectivity index (χ4n) is 2.32. The van der Waals surface area contributed by atoms with Crippen molar-refractivity contribution >= 4 is 6.03 Å². The predicted octanol–water partition coefficient (Wildman–Crippen LogP) is -0.163. The Morgan fingerprint density at radius 3 is 2.80 bits per heavy atom. The molecule has 2 heterocycles. The first kappa shape index (κ1) is 14.7. The number of amides is 2. The van der Waals surface area contributed by atoms with Crippen molar-refractivity contribution in [1.29, 1.82) is 0 Å². The topological polar surface area (TPSA) is 79.2 Å². The van der Waals surface area contributed by atoms with Gasteiger partial charge < -0.3 is 15.1 Å². The maximum absolute atomic E-state index is 11.9. The van der Waals surface area contributed by atoms with E-state index in [9.17, 15) is 4.79 Å². The molecular weight excluding hydrogens is 258 g/mol. The van der Waals surface area contributed by atoms with Gasteiger partial charge in [-0.25, -0.2) is 4.79 Å². The van der Waals surface area contributed by atoms with Crippen LogP contribution in [0.1, 0.15) is 25.1 Å². The van der Waals surface area contributed by atoms with E-state index >= 15 is 0 Å². The van der Waals surface area contributed by atoms with E-state index in [1.54, 1.807) is 11.9 Å². The summed E-state index contributed by atoms with van der Waals surface area (Å²) in [5, 5.41) is 14.3. The summed E-state index contributed by atoms with van der Waals surface area (Å²) in [4.78, 5) is 17.4. The molecule has 1 saturated heterocycles. The van der Waals surface area contributed by atoms with Gasteiger partial charge in [0.1, 0.15) is 0 Å². The highest BCUT2D eigenvalue weighted by Crippen LogP contribution is 2.07. The fourth-order valence-corrected chi connectivity index (χ4v) is 2.32. The number of nitrogens with one attached hydrogen (secondary N) is 1. The lowest BCUT2D eigenvalue weighted by atomic mass is 10.3. The van der Waals surface area contributed by atoms with Gasteiger partial charge in [0.2, 0.25) is 0 Å². The molecule has 1 aromatic heterocycles. The third kappa shape index (κ3) is 4.44. The standard InChI is InChI=1S/C12H23N7O/c1-17(6-5-9-19-7-3-4-8-19)12(20)13-10-11-14-16-18(2)15-11/h3-10H2,1-2H3,(H,13,20). The summed E-state index contributed by atoms with van der Waals surface area (Å²) in [6, 6.07) is -0.0983. The maximum atomic E-state index is 11.9. The molecule has 1 N–H and O–H groups in total. The minimum absolute atomic E-state index is 0.0983. The van der Waals surface area contributed by atoms with Gasteiger partial charge in [0.05, 0.1) is 13.6 Å². The smallest absolute Gasteiger partial charge is 0.317 e. The number of hydrogen-bond acceptors (Lipinski definition) is 5.